The van der Waals surface area contributed by atoms with E-state index in [2.05, 4.69) is 21.4 Å². The van der Waals surface area contributed by atoms with Gasteiger partial charge in [-0.2, -0.15) is 0 Å². The number of hydrogen-bond acceptors (Lipinski definition) is 4. The first-order chi connectivity index (χ1) is 9.60. The zero-order valence-electron chi connectivity index (χ0n) is 10.6. The molecule has 0 saturated carbocycles. The Bertz CT molecular complexity index is 748. The van der Waals surface area contributed by atoms with Crippen LogP contribution in [-0.2, 0) is 0 Å². The lowest BCUT2D eigenvalue weighted by Gasteiger charge is -2.10. The van der Waals surface area contributed by atoms with E-state index >= 15 is 0 Å². The molecule has 1 atom stereocenters. The summed E-state index contributed by atoms with van der Waals surface area (Å²) in [5.41, 5.74) is 4.12. The maximum absolute atomic E-state index is 13.7. The summed E-state index contributed by atoms with van der Waals surface area (Å²) in [6, 6.07) is 8.40. The molecule has 1 unspecified atom stereocenters. The second-order valence-corrected chi connectivity index (χ2v) is 6.91. The van der Waals surface area contributed by atoms with Gasteiger partial charge in [-0.05, 0) is 46.6 Å². The van der Waals surface area contributed by atoms with E-state index in [0.717, 1.165) is 19.6 Å². The molecule has 3 nitrogen and oxygen atoms in total. The number of nitrogens with one attached hydrogen (secondary N) is 1. The first-order valence-electron chi connectivity index (χ1n) is 6.00. The Balaban J connectivity index is 2.09. The monoisotopic (exact) mass is 354 g/mol. The molecular formula is C14H12BrFN2OS. The molecule has 1 aromatic carbocycles. The van der Waals surface area contributed by atoms with E-state index in [1.807, 2.05) is 25.1 Å². The zero-order valence-corrected chi connectivity index (χ0v) is 13.0. The zero-order chi connectivity index (χ0) is 14.3. The van der Waals surface area contributed by atoms with Crippen molar-refractivity contribution in [3.8, 4) is 0 Å². The highest BCUT2D eigenvalue weighted by Gasteiger charge is 2.21. The molecule has 3 aromatic rings. The van der Waals surface area contributed by atoms with Crippen molar-refractivity contribution in [2.45, 2.75) is 13.0 Å². The summed E-state index contributed by atoms with van der Waals surface area (Å²) in [5.74, 6) is 5.87. The summed E-state index contributed by atoms with van der Waals surface area (Å²) in [6.45, 7) is 2.01. The van der Waals surface area contributed by atoms with Crippen molar-refractivity contribution < 1.29 is 8.81 Å². The van der Waals surface area contributed by atoms with Gasteiger partial charge in [-0.25, -0.2) is 9.82 Å². The Hall–Kier alpha value is -1.21. The minimum absolute atomic E-state index is 0.259. The molecule has 0 amide bonds. The van der Waals surface area contributed by atoms with Crippen LogP contribution in [0.5, 0.6) is 0 Å². The van der Waals surface area contributed by atoms with Gasteiger partial charge in [0.05, 0.1) is 3.79 Å². The lowest BCUT2D eigenvalue weighted by molar-refractivity contribution is 0.468. The van der Waals surface area contributed by atoms with Crippen LogP contribution in [0.25, 0.3) is 11.0 Å². The molecule has 0 bridgehead atoms. The number of fused-ring (bicyclic) bond motifs is 1. The lowest BCUT2D eigenvalue weighted by atomic mass is 10.1. The van der Waals surface area contributed by atoms with Crippen LogP contribution in [0.3, 0.4) is 0 Å². The van der Waals surface area contributed by atoms with E-state index in [1.54, 1.807) is 17.4 Å². The maximum atomic E-state index is 13.7. The molecule has 104 valence electrons. The van der Waals surface area contributed by atoms with E-state index < -0.39 is 0 Å². The molecule has 0 radical (unpaired) electrons. The Kier molecular flexibility index (Phi) is 3.64. The number of hydrogen-bond donors (Lipinski definition) is 2. The van der Waals surface area contributed by atoms with Crippen LogP contribution >= 0.6 is 27.3 Å². The van der Waals surface area contributed by atoms with Gasteiger partial charge >= 0.3 is 0 Å². The van der Waals surface area contributed by atoms with Gasteiger partial charge in [0, 0.05) is 10.3 Å². The number of thiophene rings is 1. The average Bonchev–Trinajstić information content (AvgIpc) is 2.97. The molecule has 0 aliphatic heterocycles. The molecule has 20 heavy (non-hydrogen) atoms. The summed E-state index contributed by atoms with van der Waals surface area (Å²) < 4.78 is 20.4. The number of rotatable bonds is 3. The van der Waals surface area contributed by atoms with Gasteiger partial charge in [0.2, 0.25) is 0 Å². The van der Waals surface area contributed by atoms with Gasteiger partial charge < -0.3 is 4.42 Å². The van der Waals surface area contributed by atoms with Crippen molar-refractivity contribution in [2.24, 2.45) is 5.84 Å². The standard InChI is InChI=1S/C14H12BrFN2OS/c1-7-5-11(20-14(7)15)12(18-17)10-6-8-3-2-4-9(16)13(8)19-10/h2-6,12,18H,17H2,1H3. The third-order valence-corrected chi connectivity index (χ3v) is 5.33. The number of benzene rings is 1. The van der Waals surface area contributed by atoms with Crippen LogP contribution in [0.4, 0.5) is 4.39 Å². The Labute approximate surface area is 127 Å². The quantitative estimate of drug-likeness (QED) is 0.545. The first kappa shape index (κ1) is 13.8. The highest BCUT2D eigenvalue weighted by atomic mass is 79.9. The summed E-state index contributed by atoms with van der Waals surface area (Å²) >= 11 is 5.07. The first-order valence-corrected chi connectivity index (χ1v) is 7.61. The molecule has 2 heterocycles. The van der Waals surface area contributed by atoms with Crippen molar-refractivity contribution in [3.05, 3.63) is 56.1 Å². The number of nitrogens with two attached hydrogens (primary N) is 1. The number of para-hydroxylation sites is 1. The Morgan fingerprint density at radius 1 is 1.40 bits per heavy atom. The number of aryl methyl sites for hydroxylation is 1. The van der Waals surface area contributed by atoms with Gasteiger partial charge in [0.15, 0.2) is 11.4 Å². The predicted molar refractivity (Wildman–Crippen MR) is 82.1 cm³/mol. The van der Waals surface area contributed by atoms with Crippen molar-refractivity contribution in [1.29, 1.82) is 0 Å². The molecule has 0 fully saturated rings. The SMILES string of the molecule is Cc1cc(C(NN)c2cc3cccc(F)c3o2)sc1Br. The van der Waals surface area contributed by atoms with Crippen LogP contribution in [0, 0.1) is 12.7 Å². The van der Waals surface area contributed by atoms with Crippen LogP contribution in [0.1, 0.15) is 22.2 Å². The van der Waals surface area contributed by atoms with E-state index in [9.17, 15) is 4.39 Å². The molecule has 2 aromatic heterocycles. The van der Waals surface area contributed by atoms with Crippen LogP contribution < -0.4 is 11.3 Å². The predicted octanol–water partition coefficient (Wildman–Crippen LogP) is 4.26. The van der Waals surface area contributed by atoms with Crippen molar-refractivity contribution >= 4 is 38.2 Å². The minimum atomic E-state index is -0.368. The molecule has 0 saturated heterocycles. The van der Waals surface area contributed by atoms with Gasteiger partial charge in [-0.3, -0.25) is 5.84 Å². The average molecular weight is 355 g/mol. The minimum Gasteiger partial charge on any atom is -0.456 e. The van der Waals surface area contributed by atoms with Gasteiger partial charge in [-0.15, -0.1) is 11.3 Å². The van der Waals surface area contributed by atoms with E-state index in [4.69, 9.17) is 10.3 Å². The lowest BCUT2D eigenvalue weighted by Crippen LogP contribution is -2.27. The summed E-state index contributed by atoms with van der Waals surface area (Å²) in [5, 5.41) is 0.729. The molecule has 0 spiro atoms. The Morgan fingerprint density at radius 2 is 2.20 bits per heavy atom. The second-order valence-electron chi connectivity index (χ2n) is 4.51. The third-order valence-electron chi connectivity index (χ3n) is 3.13. The van der Waals surface area contributed by atoms with Gasteiger partial charge in [0.1, 0.15) is 11.8 Å². The third kappa shape index (κ3) is 2.29. The summed E-state index contributed by atoms with van der Waals surface area (Å²) in [6.07, 6.45) is 0. The second kappa shape index (κ2) is 5.29. The molecule has 3 rings (SSSR count). The summed E-state index contributed by atoms with van der Waals surface area (Å²) in [4.78, 5) is 1.01. The molecule has 6 heteroatoms. The van der Waals surface area contributed by atoms with Crippen molar-refractivity contribution in [1.82, 2.24) is 5.43 Å². The van der Waals surface area contributed by atoms with Crippen LogP contribution in [0.2, 0.25) is 0 Å². The van der Waals surface area contributed by atoms with E-state index in [0.29, 0.717) is 5.76 Å². The molecule has 3 N–H and O–H groups in total. The maximum Gasteiger partial charge on any atom is 0.169 e. The fourth-order valence-corrected chi connectivity index (χ4v) is 3.76. The van der Waals surface area contributed by atoms with E-state index in [-0.39, 0.29) is 17.4 Å². The fraction of sp³-hybridized carbons (Fsp3) is 0.143. The number of hydrazine groups is 1. The Morgan fingerprint density at radius 3 is 2.80 bits per heavy atom. The topological polar surface area (TPSA) is 51.2 Å². The van der Waals surface area contributed by atoms with Crippen LogP contribution in [-0.4, -0.2) is 0 Å². The molecule has 0 aliphatic rings. The van der Waals surface area contributed by atoms with Gasteiger partial charge in [0.25, 0.3) is 0 Å². The van der Waals surface area contributed by atoms with Gasteiger partial charge in [-0.1, -0.05) is 12.1 Å². The van der Waals surface area contributed by atoms with Crippen molar-refractivity contribution in [2.75, 3.05) is 0 Å². The summed E-state index contributed by atoms with van der Waals surface area (Å²) in [7, 11) is 0. The number of halogens is 2. The largest absolute Gasteiger partial charge is 0.456 e. The van der Waals surface area contributed by atoms with Crippen molar-refractivity contribution in [3.63, 3.8) is 0 Å². The van der Waals surface area contributed by atoms with Crippen LogP contribution in [0.15, 0.2) is 38.5 Å². The molecule has 0 aliphatic carbocycles. The fourth-order valence-electron chi connectivity index (χ4n) is 2.12. The highest BCUT2D eigenvalue weighted by molar-refractivity contribution is 9.11. The number of furan rings is 1. The smallest absolute Gasteiger partial charge is 0.169 e. The highest BCUT2D eigenvalue weighted by Crippen LogP contribution is 2.36. The normalized spacial score (nSPS) is 13.0. The molecular weight excluding hydrogens is 343 g/mol. The van der Waals surface area contributed by atoms with E-state index in [1.165, 1.54) is 6.07 Å².